The van der Waals surface area contributed by atoms with Gasteiger partial charge in [-0.25, -0.2) is 0 Å². The monoisotopic (exact) mass is 188 g/mol. The van der Waals surface area contributed by atoms with Gasteiger partial charge in [0.15, 0.2) is 0 Å². The van der Waals surface area contributed by atoms with Crippen LogP contribution >= 0.6 is 0 Å². The van der Waals surface area contributed by atoms with E-state index >= 15 is 0 Å². The molecule has 1 aliphatic heterocycles. The maximum Gasteiger partial charge on any atom is 0.101 e. The molecule has 1 aliphatic rings. The molecule has 0 aliphatic carbocycles. The minimum absolute atomic E-state index is 0.979. The molecule has 0 saturated heterocycles. The Kier molecular flexibility index (Phi) is 2.53. The molecule has 14 heavy (non-hydrogen) atoms. The lowest BCUT2D eigenvalue weighted by molar-refractivity contribution is 0.951. The van der Waals surface area contributed by atoms with Crippen molar-refractivity contribution in [2.75, 3.05) is 11.9 Å². The highest BCUT2D eigenvalue weighted by Gasteiger charge is 2.06. The van der Waals surface area contributed by atoms with Crippen molar-refractivity contribution in [2.45, 2.75) is 26.7 Å². The first-order valence-electron chi connectivity index (χ1n) is 5.13. The van der Waals surface area contributed by atoms with Crippen LogP contribution in [0.4, 0.5) is 5.69 Å². The maximum absolute atomic E-state index is 4.39. The van der Waals surface area contributed by atoms with Crippen molar-refractivity contribution >= 4 is 11.5 Å². The summed E-state index contributed by atoms with van der Waals surface area (Å²) in [6.45, 7) is 5.25. The average Bonchev–Trinajstić information content (AvgIpc) is 2.64. The molecule has 0 radical (unpaired) electrons. The molecular formula is C12H16N2. The van der Waals surface area contributed by atoms with Crippen LogP contribution in [0.25, 0.3) is 0 Å². The third-order valence-electron chi connectivity index (χ3n) is 2.67. The number of anilines is 1. The smallest absolute Gasteiger partial charge is 0.101 e. The van der Waals surface area contributed by atoms with Gasteiger partial charge in [-0.2, -0.15) is 0 Å². The summed E-state index contributed by atoms with van der Waals surface area (Å²) in [7, 11) is 0. The number of nitrogens with one attached hydrogen (secondary N) is 1. The van der Waals surface area contributed by atoms with E-state index in [1.54, 1.807) is 0 Å². The lowest BCUT2D eigenvalue weighted by atomic mass is 10.1. The average molecular weight is 188 g/mol. The second-order valence-corrected chi connectivity index (χ2v) is 3.86. The molecule has 0 fully saturated rings. The van der Waals surface area contributed by atoms with Crippen molar-refractivity contribution in [3.8, 4) is 0 Å². The van der Waals surface area contributed by atoms with Gasteiger partial charge in [0.05, 0.1) is 0 Å². The molecule has 0 saturated carbocycles. The van der Waals surface area contributed by atoms with Crippen LogP contribution in [0.3, 0.4) is 0 Å². The van der Waals surface area contributed by atoms with E-state index < -0.39 is 0 Å². The minimum Gasteiger partial charge on any atom is -0.344 e. The fourth-order valence-corrected chi connectivity index (χ4v) is 1.63. The van der Waals surface area contributed by atoms with Gasteiger partial charge < -0.3 is 5.32 Å². The standard InChI is InChI=1S/C12H16N2/c1-9-5-6-11(8-10(9)2)14-12-4-3-7-13-12/h5-6,8H,3-4,7H2,1-2H3,(H,13,14). The van der Waals surface area contributed by atoms with E-state index in [-0.39, 0.29) is 0 Å². The fourth-order valence-electron chi connectivity index (χ4n) is 1.63. The lowest BCUT2D eigenvalue weighted by Gasteiger charge is -2.07. The van der Waals surface area contributed by atoms with Gasteiger partial charge in [-0.3, -0.25) is 4.99 Å². The van der Waals surface area contributed by atoms with Gasteiger partial charge in [0, 0.05) is 18.7 Å². The van der Waals surface area contributed by atoms with Crippen LogP contribution in [-0.4, -0.2) is 12.4 Å². The Balaban J connectivity index is 2.13. The summed E-state index contributed by atoms with van der Waals surface area (Å²) < 4.78 is 0. The molecule has 0 spiro atoms. The Hall–Kier alpha value is -1.31. The van der Waals surface area contributed by atoms with Crippen LogP contribution in [0.5, 0.6) is 0 Å². The molecule has 2 nitrogen and oxygen atoms in total. The zero-order valence-corrected chi connectivity index (χ0v) is 8.80. The molecule has 0 amide bonds. The number of benzene rings is 1. The predicted octanol–water partition coefficient (Wildman–Crippen LogP) is 2.91. The van der Waals surface area contributed by atoms with E-state index in [0.29, 0.717) is 0 Å². The molecule has 2 heteroatoms. The van der Waals surface area contributed by atoms with Gasteiger partial charge in [-0.05, 0) is 43.5 Å². The maximum atomic E-state index is 4.39. The van der Waals surface area contributed by atoms with Crippen molar-refractivity contribution in [3.05, 3.63) is 29.3 Å². The molecule has 1 aromatic rings. The molecular weight excluding hydrogens is 172 g/mol. The number of hydrogen-bond donors (Lipinski definition) is 1. The predicted molar refractivity (Wildman–Crippen MR) is 61.1 cm³/mol. The van der Waals surface area contributed by atoms with E-state index in [0.717, 1.165) is 24.5 Å². The van der Waals surface area contributed by atoms with Crippen molar-refractivity contribution < 1.29 is 0 Å². The Morgan fingerprint density at radius 1 is 1.21 bits per heavy atom. The van der Waals surface area contributed by atoms with E-state index in [4.69, 9.17) is 0 Å². The first kappa shape index (κ1) is 9.25. The summed E-state index contributed by atoms with van der Waals surface area (Å²) in [5.41, 5.74) is 3.83. The first-order chi connectivity index (χ1) is 6.75. The molecule has 0 atom stereocenters. The van der Waals surface area contributed by atoms with E-state index in [9.17, 15) is 0 Å². The molecule has 1 heterocycles. The van der Waals surface area contributed by atoms with Crippen molar-refractivity contribution in [1.29, 1.82) is 0 Å². The van der Waals surface area contributed by atoms with E-state index in [1.165, 1.54) is 17.5 Å². The minimum atomic E-state index is 0.979. The SMILES string of the molecule is Cc1ccc(NC2=NCCC2)cc1C. The number of nitrogens with zero attached hydrogens (tertiary/aromatic N) is 1. The first-order valence-corrected chi connectivity index (χ1v) is 5.13. The summed E-state index contributed by atoms with van der Waals surface area (Å²) >= 11 is 0. The molecule has 0 unspecified atom stereocenters. The second-order valence-electron chi connectivity index (χ2n) is 3.86. The van der Waals surface area contributed by atoms with Gasteiger partial charge in [-0.15, -0.1) is 0 Å². The van der Waals surface area contributed by atoms with E-state index in [1.807, 2.05) is 0 Å². The number of amidine groups is 1. The van der Waals surface area contributed by atoms with Gasteiger partial charge in [0.2, 0.25) is 0 Å². The van der Waals surface area contributed by atoms with Crippen LogP contribution in [0, 0.1) is 13.8 Å². The van der Waals surface area contributed by atoms with Crippen LogP contribution in [0.1, 0.15) is 24.0 Å². The quantitative estimate of drug-likeness (QED) is 0.720. The van der Waals surface area contributed by atoms with Crippen molar-refractivity contribution in [3.63, 3.8) is 0 Å². The summed E-state index contributed by atoms with van der Waals surface area (Å²) in [4.78, 5) is 4.39. The summed E-state index contributed by atoms with van der Waals surface area (Å²) in [5, 5.41) is 3.36. The molecule has 1 aromatic carbocycles. The Morgan fingerprint density at radius 2 is 2.07 bits per heavy atom. The third kappa shape index (κ3) is 1.95. The van der Waals surface area contributed by atoms with Crippen LogP contribution in [0.15, 0.2) is 23.2 Å². The molecule has 1 N–H and O–H groups in total. The zero-order chi connectivity index (χ0) is 9.97. The lowest BCUT2D eigenvalue weighted by Crippen LogP contribution is -2.08. The fraction of sp³-hybridized carbons (Fsp3) is 0.417. The zero-order valence-electron chi connectivity index (χ0n) is 8.80. The largest absolute Gasteiger partial charge is 0.344 e. The number of aliphatic imine (C=N–C) groups is 1. The van der Waals surface area contributed by atoms with Crippen LogP contribution in [-0.2, 0) is 0 Å². The summed E-state index contributed by atoms with van der Waals surface area (Å²) in [6.07, 6.45) is 2.28. The number of aryl methyl sites for hydroxylation is 2. The van der Waals surface area contributed by atoms with Gasteiger partial charge in [0.1, 0.15) is 5.84 Å². The van der Waals surface area contributed by atoms with Gasteiger partial charge >= 0.3 is 0 Å². The van der Waals surface area contributed by atoms with Crippen molar-refractivity contribution in [1.82, 2.24) is 0 Å². The molecule has 0 aromatic heterocycles. The summed E-state index contributed by atoms with van der Waals surface area (Å²) in [6, 6.07) is 6.44. The van der Waals surface area contributed by atoms with Crippen molar-refractivity contribution in [2.24, 2.45) is 4.99 Å². The highest BCUT2D eigenvalue weighted by atomic mass is 15.0. The molecule has 74 valence electrons. The topological polar surface area (TPSA) is 24.4 Å². The second kappa shape index (κ2) is 3.82. The molecule has 2 rings (SSSR count). The Labute approximate surface area is 85.1 Å². The normalized spacial score (nSPS) is 15.4. The molecule has 0 bridgehead atoms. The Morgan fingerprint density at radius 3 is 2.71 bits per heavy atom. The van der Waals surface area contributed by atoms with E-state index in [2.05, 4.69) is 42.4 Å². The van der Waals surface area contributed by atoms with Crippen LogP contribution in [0.2, 0.25) is 0 Å². The number of rotatable bonds is 1. The number of hydrogen-bond acceptors (Lipinski definition) is 2. The Bertz CT molecular complexity index is 367. The highest BCUT2D eigenvalue weighted by Crippen LogP contribution is 2.16. The third-order valence-corrected chi connectivity index (χ3v) is 2.67. The van der Waals surface area contributed by atoms with Gasteiger partial charge in [0.25, 0.3) is 0 Å². The van der Waals surface area contributed by atoms with Gasteiger partial charge in [-0.1, -0.05) is 6.07 Å². The highest BCUT2D eigenvalue weighted by molar-refractivity contribution is 5.96. The van der Waals surface area contributed by atoms with Crippen LogP contribution < -0.4 is 5.32 Å². The summed E-state index contributed by atoms with van der Waals surface area (Å²) in [5.74, 6) is 1.13.